The molecule has 2 fully saturated rings. The van der Waals surface area contributed by atoms with Crippen molar-refractivity contribution < 1.29 is 4.74 Å². The minimum Gasteiger partial charge on any atom is -0.380 e. The first-order valence-corrected chi connectivity index (χ1v) is 6.41. The molecule has 2 aliphatic rings. The van der Waals surface area contributed by atoms with Gasteiger partial charge in [0.2, 0.25) is 0 Å². The smallest absolute Gasteiger partial charge is 0.0622 e. The van der Waals surface area contributed by atoms with Crippen molar-refractivity contribution in [2.24, 2.45) is 0 Å². The summed E-state index contributed by atoms with van der Waals surface area (Å²) in [5, 5.41) is 0. The van der Waals surface area contributed by atoms with E-state index in [-0.39, 0.29) is 0 Å². The van der Waals surface area contributed by atoms with Crippen molar-refractivity contribution in [3.05, 3.63) is 0 Å². The van der Waals surface area contributed by atoms with Crippen molar-refractivity contribution in [2.75, 3.05) is 31.8 Å². The molecule has 1 unspecified atom stereocenters. The van der Waals surface area contributed by atoms with Gasteiger partial charge in [0.1, 0.15) is 0 Å². The van der Waals surface area contributed by atoms with Crippen molar-refractivity contribution >= 4 is 11.8 Å². The maximum atomic E-state index is 5.42. The monoisotopic (exact) mass is 201 g/mol. The van der Waals surface area contributed by atoms with Crippen molar-refractivity contribution in [1.82, 2.24) is 4.90 Å². The van der Waals surface area contributed by atoms with Crippen LogP contribution in [0.5, 0.6) is 0 Å². The van der Waals surface area contributed by atoms with Crippen LogP contribution in [0.2, 0.25) is 0 Å². The van der Waals surface area contributed by atoms with E-state index in [9.17, 15) is 0 Å². The zero-order valence-electron chi connectivity index (χ0n) is 8.37. The number of hydrogen-bond acceptors (Lipinski definition) is 3. The van der Waals surface area contributed by atoms with Crippen LogP contribution >= 0.6 is 11.8 Å². The normalized spacial score (nSPS) is 31.4. The highest BCUT2D eigenvalue weighted by Gasteiger charge is 2.27. The van der Waals surface area contributed by atoms with Crippen LogP contribution in [0.25, 0.3) is 0 Å². The Kier molecular flexibility index (Phi) is 3.52. The molecule has 0 saturated carbocycles. The summed E-state index contributed by atoms with van der Waals surface area (Å²) < 4.78 is 5.42. The van der Waals surface area contributed by atoms with Gasteiger partial charge in [0.05, 0.1) is 6.61 Å². The van der Waals surface area contributed by atoms with E-state index in [1.807, 2.05) is 0 Å². The highest BCUT2D eigenvalue weighted by Crippen LogP contribution is 2.24. The lowest BCUT2D eigenvalue weighted by atomic mass is 10.1. The van der Waals surface area contributed by atoms with Crippen molar-refractivity contribution in [1.29, 1.82) is 0 Å². The molecule has 2 saturated heterocycles. The highest BCUT2D eigenvalue weighted by atomic mass is 32.2. The maximum Gasteiger partial charge on any atom is 0.0622 e. The lowest BCUT2D eigenvalue weighted by Gasteiger charge is -2.34. The van der Waals surface area contributed by atoms with E-state index < -0.39 is 0 Å². The number of rotatable bonds is 2. The van der Waals surface area contributed by atoms with Gasteiger partial charge in [0.15, 0.2) is 0 Å². The van der Waals surface area contributed by atoms with Gasteiger partial charge in [-0.2, -0.15) is 11.8 Å². The van der Waals surface area contributed by atoms with Gasteiger partial charge >= 0.3 is 0 Å². The van der Waals surface area contributed by atoms with Crippen LogP contribution in [0.1, 0.15) is 19.3 Å². The molecule has 0 bridgehead atoms. The van der Waals surface area contributed by atoms with E-state index in [0.717, 1.165) is 19.3 Å². The molecule has 0 N–H and O–H groups in total. The zero-order valence-corrected chi connectivity index (χ0v) is 9.18. The number of thioether (sulfide) groups is 1. The minimum absolute atomic E-state index is 0.702. The van der Waals surface area contributed by atoms with Gasteiger partial charge in [0, 0.05) is 18.7 Å². The molecule has 0 aromatic carbocycles. The second kappa shape index (κ2) is 4.67. The molecule has 0 radical (unpaired) electrons. The zero-order chi connectivity index (χ0) is 9.10. The van der Waals surface area contributed by atoms with Crippen LogP contribution < -0.4 is 0 Å². The summed E-state index contributed by atoms with van der Waals surface area (Å²) >= 11 is 2.10. The number of nitrogens with zero attached hydrogens (tertiary/aromatic N) is 1. The molecule has 0 aromatic rings. The minimum atomic E-state index is 0.702. The fraction of sp³-hybridized carbons (Fsp3) is 1.00. The summed E-state index contributed by atoms with van der Waals surface area (Å²) in [5.74, 6) is 2.70. The predicted molar refractivity (Wildman–Crippen MR) is 57.3 cm³/mol. The average molecular weight is 201 g/mol. The third-order valence-corrected chi connectivity index (χ3v) is 4.30. The van der Waals surface area contributed by atoms with Gasteiger partial charge in [-0.05, 0) is 37.8 Å². The Labute approximate surface area is 85.0 Å². The third kappa shape index (κ3) is 2.39. The first kappa shape index (κ1) is 9.81. The topological polar surface area (TPSA) is 12.5 Å². The van der Waals surface area contributed by atoms with Gasteiger partial charge in [-0.1, -0.05) is 0 Å². The molecule has 0 aromatic heterocycles. The first-order valence-electron chi connectivity index (χ1n) is 5.25. The Morgan fingerprint density at radius 1 is 1.15 bits per heavy atom. The van der Waals surface area contributed by atoms with Crippen molar-refractivity contribution in [3.63, 3.8) is 0 Å². The third-order valence-electron chi connectivity index (χ3n) is 3.25. The molecule has 2 nitrogen and oxygen atoms in total. The Morgan fingerprint density at radius 3 is 2.54 bits per heavy atom. The van der Waals surface area contributed by atoms with Crippen LogP contribution in [0, 0.1) is 0 Å². The van der Waals surface area contributed by atoms with E-state index in [0.29, 0.717) is 6.04 Å². The first-order chi connectivity index (χ1) is 6.38. The Hall–Kier alpha value is 0.270. The van der Waals surface area contributed by atoms with Crippen molar-refractivity contribution in [3.8, 4) is 0 Å². The molecule has 13 heavy (non-hydrogen) atoms. The lowest BCUT2D eigenvalue weighted by Crippen LogP contribution is -2.42. The summed E-state index contributed by atoms with van der Waals surface area (Å²) in [6.45, 7) is 1.93. The molecular formula is C10H19NOS. The van der Waals surface area contributed by atoms with E-state index in [1.165, 1.54) is 30.8 Å². The SMILES string of the molecule is CN(C1CCSCC1)C1CCOC1. The van der Waals surface area contributed by atoms with Crippen LogP contribution in [0.15, 0.2) is 0 Å². The molecule has 2 heterocycles. The summed E-state index contributed by atoms with van der Waals surface area (Å²) in [4.78, 5) is 2.56. The van der Waals surface area contributed by atoms with Crippen LogP contribution in [0.3, 0.4) is 0 Å². The second-order valence-corrected chi connectivity index (χ2v) is 5.25. The van der Waals surface area contributed by atoms with Crippen LogP contribution in [-0.4, -0.2) is 48.8 Å². The molecule has 76 valence electrons. The molecule has 0 amide bonds. The van der Waals surface area contributed by atoms with Gasteiger partial charge in [-0.25, -0.2) is 0 Å². The molecule has 0 aliphatic carbocycles. The van der Waals surface area contributed by atoms with Gasteiger partial charge in [-0.3, -0.25) is 4.90 Å². The second-order valence-electron chi connectivity index (χ2n) is 4.03. The summed E-state index contributed by atoms with van der Waals surface area (Å²) in [5.41, 5.74) is 0. The molecule has 2 rings (SSSR count). The maximum absolute atomic E-state index is 5.42. The average Bonchev–Trinajstić information content (AvgIpc) is 2.71. The predicted octanol–water partition coefficient (Wildman–Crippen LogP) is 1.60. The number of likely N-dealkylation sites (N-methyl/N-ethyl adjacent to an activating group) is 1. The largest absolute Gasteiger partial charge is 0.380 e. The molecule has 3 heteroatoms. The number of hydrogen-bond donors (Lipinski definition) is 0. The van der Waals surface area contributed by atoms with Crippen LogP contribution in [0.4, 0.5) is 0 Å². The summed E-state index contributed by atoms with van der Waals surface area (Å²) in [6.07, 6.45) is 3.98. The standard InChI is InChI=1S/C10H19NOS/c1-11(10-2-5-12-8-10)9-3-6-13-7-4-9/h9-10H,2-8H2,1H3. The van der Waals surface area contributed by atoms with Gasteiger partial charge in [-0.15, -0.1) is 0 Å². The van der Waals surface area contributed by atoms with Crippen LogP contribution in [-0.2, 0) is 4.74 Å². The molecular weight excluding hydrogens is 182 g/mol. The van der Waals surface area contributed by atoms with E-state index in [2.05, 4.69) is 23.7 Å². The van der Waals surface area contributed by atoms with Gasteiger partial charge < -0.3 is 4.74 Å². The quantitative estimate of drug-likeness (QED) is 0.673. The Morgan fingerprint density at radius 2 is 1.92 bits per heavy atom. The molecule has 0 spiro atoms. The van der Waals surface area contributed by atoms with E-state index in [4.69, 9.17) is 4.74 Å². The fourth-order valence-corrected chi connectivity index (χ4v) is 3.32. The van der Waals surface area contributed by atoms with E-state index in [1.54, 1.807) is 0 Å². The highest BCUT2D eigenvalue weighted by molar-refractivity contribution is 7.99. The summed E-state index contributed by atoms with van der Waals surface area (Å²) in [6, 6.07) is 1.53. The molecule has 2 aliphatic heterocycles. The molecule has 1 atom stereocenters. The lowest BCUT2D eigenvalue weighted by molar-refractivity contribution is 0.128. The number of ether oxygens (including phenoxy) is 1. The fourth-order valence-electron chi connectivity index (χ4n) is 2.23. The van der Waals surface area contributed by atoms with E-state index >= 15 is 0 Å². The Bertz CT molecular complexity index is 153. The van der Waals surface area contributed by atoms with Crippen molar-refractivity contribution in [2.45, 2.75) is 31.3 Å². The Balaban J connectivity index is 1.83. The summed E-state index contributed by atoms with van der Waals surface area (Å²) in [7, 11) is 2.28. The van der Waals surface area contributed by atoms with Gasteiger partial charge in [0.25, 0.3) is 0 Å².